The molecule has 0 radical (unpaired) electrons. The fraction of sp³-hybridized carbons (Fsp3) is 0.552. The smallest absolute Gasteiger partial charge is 0.417 e. The van der Waals surface area contributed by atoms with Gasteiger partial charge in [-0.1, -0.05) is 0 Å². The van der Waals surface area contributed by atoms with E-state index >= 15 is 0 Å². The topological polar surface area (TPSA) is 165 Å². The molecule has 16 heteroatoms. The minimum Gasteiger partial charge on any atom is -0.508 e. The van der Waals surface area contributed by atoms with E-state index in [4.69, 9.17) is 5.73 Å². The Bertz CT molecular complexity index is 1540. The third kappa shape index (κ3) is 5.06. The van der Waals surface area contributed by atoms with Gasteiger partial charge in [0.15, 0.2) is 11.4 Å². The number of aliphatic hydroxyl groups is 3. The summed E-state index contributed by atoms with van der Waals surface area (Å²) in [6.07, 6.45) is -11.1. The van der Waals surface area contributed by atoms with Crippen LogP contribution in [0.5, 0.6) is 5.75 Å². The van der Waals surface area contributed by atoms with E-state index in [-0.39, 0.29) is 25.9 Å². The highest BCUT2D eigenvalue weighted by molar-refractivity contribution is 6.24. The Morgan fingerprint density at radius 3 is 2.20 bits per heavy atom. The summed E-state index contributed by atoms with van der Waals surface area (Å²) in [6.45, 7) is -0.734. The van der Waals surface area contributed by atoms with Gasteiger partial charge in [-0.15, -0.1) is 0 Å². The molecular formula is C29H31F6N3O7. The Kier molecular flexibility index (Phi) is 7.81. The fourth-order valence-corrected chi connectivity index (χ4v) is 7.52. The summed E-state index contributed by atoms with van der Waals surface area (Å²) in [4.78, 5) is 41.8. The van der Waals surface area contributed by atoms with Gasteiger partial charge in [-0.05, 0) is 76.0 Å². The number of fused-ring (bicyclic) bond motifs is 3. The maximum atomic E-state index is 14.7. The highest BCUT2D eigenvalue weighted by Crippen LogP contribution is 2.54. The highest BCUT2D eigenvalue weighted by atomic mass is 19.4. The Labute approximate surface area is 252 Å². The van der Waals surface area contributed by atoms with E-state index in [1.165, 1.54) is 23.9 Å². The van der Waals surface area contributed by atoms with Crippen LogP contribution < -0.4 is 5.73 Å². The standard InChI is InChI=1S/C29H31F6N3O7/c1-37(2)21-15-8-11-7-14-18(22(40)17(11)24(42)27(15,45)25(43)19(23(21)41)26(36)44)16(39)9-12(20(14)29(33,34)35)10-38-5-3-13(4-6-38)28(30,31)32/h9,11,13,15,21,39-40,43,45H,3-8,10H2,1-2H3,(H2,36,44)/t11-,15-,21-,27-/m0/s1. The van der Waals surface area contributed by atoms with Gasteiger partial charge in [0, 0.05) is 18.0 Å². The number of amides is 1. The second-order valence-corrected chi connectivity index (χ2v) is 12.3. The van der Waals surface area contributed by atoms with E-state index in [0.717, 1.165) is 6.07 Å². The lowest BCUT2D eigenvalue weighted by Gasteiger charge is -2.50. The molecule has 4 aliphatic rings. The molecule has 1 saturated heterocycles. The largest absolute Gasteiger partial charge is 0.508 e. The van der Waals surface area contributed by atoms with Gasteiger partial charge in [0.25, 0.3) is 5.91 Å². The first-order valence-corrected chi connectivity index (χ1v) is 14.1. The number of nitrogens with zero attached hydrogens (tertiary/aromatic N) is 2. The van der Waals surface area contributed by atoms with E-state index in [0.29, 0.717) is 0 Å². The van der Waals surface area contributed by atoms with Crippen LogP contribution in [0, 0.1) is 17.8 Å². The van der Waals surface area contributed by atoms with E-state index < -0.39 is 129 Å². The van der Waals surface area contributed by atoms with Gasteiger partial charge in [-0.2, -0.15) is 26.3 Å². The Balaban J connectivity index is 1.62. The molecule has 6 N–H and O–H groups in total. The van der Waals surface area contributed by atoms with E-state index in [9.17, 15) is 61.2 Å². The number of nitrogens with two attached hydrogens (primary N) is 1. The Morgan fingerprint density at radius 1 is 1.09 bits per heavy atom. The predicted octanol–water partition coefficient (Wildman–Crippen LogP) is 2.76. The molecule has 1 heterocycles. The van der Waals surface area contributed by atoms with Crippen LogP contribution in [0.1, 0.15) is 41.5 Å². The third-order valence-corrected chi connectivity index (χ3v) is 9.53. The number of aliphatic hydroxyl groups excluding tert-OH is 2. The van der Waals surface area contributed by atoms with Crippen LogP contribution in [0.25, 0.3) is 5.76 Å². The van der Waals surface area contributed by atoms with Crippen LogP contribution in [0.3, 0.4) is 0 Å². The Morgan fingerprint density at radius 2 is 1.69 bits per heavy atom. The van der Waals surface area contributed by atoms with Crippen molar-refractivity contribution >= 4 is 23.2 Å². The average molecular weight is 648 g/mol. The van der Waals surface area contributed by atoms with Crippen LogP contribution in [0.4, 0.5) is 26.3 Å². The maximum absolute atomic E-state index is 14.7. The molecule has 5 rings (SSSR count). The summed E-state index contributed by atoms with van der Waals surface area (Å²) in [7, 11) is 2.77. The number of carbonyl (C=O) groups excluding carboxylic acids is 3. The lowest BCUT2D eigenvalue weighted by molar-refractivity contribution is -0.185. The number of phenolic OH excluding ortho intramolecular Hbond substituents is 1. The molecule has 2 fully saturated rings. The number of Topliss-reactive ketones (excluding diaryl/α,β-unsaturated/α-hetero) is 2. The van der Waals surface area contributed by atoms with Crippen molar-refractivity contribution in [1.82, 2.24) is 9.80 Å². The number of hydrogen-bond donors (Lipinski definition) is 5. The first-order chi connectivity index (χ1) is 20.7. The molecule has 1 amide bonds. The normalized spacial score (nSPS) is 28.4. The molecule has 0 unspecified atom stereocenters. The van der Waals surface area contributed by atoms with Gasteiger partial charge >= 0.3 is 12.4 Å². The maximum Gasteiger partial charge on any atom is 0.417 e. The number of ketones is 2. The number of rotatable bonds is 4. The monoisotopic (exact) mass is 647 g/mol. The fourth-order valence-electron chi connectivity index (χ4n) is 7.52. The van der Waals surface area contributed by atoms with Crippen molar-refractivity contribution < 1.29 is 61.2 Å². The number of aromatic hydroxyl groups is 1. The Hall–Kier alpha value is -3.63. The SMILES string of the molecule is CN(C)[C@@H]1C(=O)C(C(N)=O)=C(O)[C@@]2(O)C(=O)C3=C(O)c4c(O)cc(CN5CCC(C(F)(F)F)CC5)c(C(F)(F)F)c4C[C@H]3C[C@@H]12. The molecule has 4 atom stereocenters. The molecular weight excluding hydrogens is 616 g/mol. The zero-order valence-corrected chi connectivity index (χ0v) is 24.1. The minimum atomic E-state index is -5.06. The van der Waals surface area contributed by atoms with Crippen molar-refractivity contribution in [3.8, 4) is 5.75 Å². The second-order valence-electron chi connectivity index (χ2n) is 12.3. The number of hydrogen-bond acceptors (Lipinski definition) is 9. The number of piperidine rings is 1. The van der Waals surface area contributed by atoms with Crippen molar-refractivity contribution in [2.75, 3.05) is 27.2 Å². The summed E-state index contributed by atoms with van der Waals surface area (Å²) in [5.41, 5.74) is -2.26. The van der Waals surface area contributed by atoms with Gasteiger partial charge in [0.1, 0.15) is 22.8 Å². The lowest BCUT2D eigenvalue weighted by Crippen LogP contribution is -2.65. The van der Waals surface area contributed by atoms with Gasteiger partial charge < -0.3 is 26.2 Å². The number of phenols is 1. The summed E-state index contributed by atoms with van der Waals surface area (Å²) in [5, 5.41) is 44.6. The number of alkyl halides is 6. The van der Waals surface area contributed by atoms with Crippen molar-refractivity contribution in [1.29, 1.82) is 0 Å². The van der Waals surface area contributed by atoms with E-state index in [2.05, 4.69) is 0 Å². The number of likely N-dealkylation sites (tertiary alicyclic amines) is 1. The van der Waals surface area contributed by atoms with Crippen LogP contribution in [0.2, 0.25) is 0 Å². The first-order valence-electron chi connectivity index (χ1n) is 14.1. The molecule has 0 aromatic heterocycles. The summed E-state index contributed by atoms with van der Waals surface area (Å²) >= 11 is 0. The molecule has 10 nitrogen and oxygen atoms in total. The van der Waals surface area contributed by atoms with E-state index in [1.807, 2.05) is 0 Å². The quantitative estimate of drug-likeness (QED) is 0.244. The van der Waals surface area contributed by atoms with Crippen molar-refractivity contribution in [3.63, 3.8) is 0 Å². The van der Waals surface area contributed by atoms with Gasteiger partial charge in [0.2, 0.25) is 5.78 Å². The second kappa shape index (κ2) is 10.7. The van der Waals surface area contributed by atoms with Crippen molar-refractivity contribution in [2.45, 2.75) is 56.2 Å². The van der Waals surface area contributed by atoms with Gasteiger partial charge in [-0.3, -0.25) is 24.2 Å². The number of halogens is 6. The van der Waals surface area contributed by atoms with Crippen molar-refractivity contribution in [2.24, 2.45) is 23.5 Å². The van der Waals surface area contributed by atoms with Crippen LogP contribution >= 0.6 is 0 Å². The number of primary amides is 1. The summed E-state index contributed by atoms with van der Waals surface area (Å²) in [6, 6.07) is -0.674. The average Bonchev–Trinajstić information content (AvgIpc) is 2.89. The minimum absolute atomic E-state index is 0.143. The van der Waals surface area contributed by atoms with Crippen molar-refractivity contribution in [3.05, 3.63) is 45.2 Å². The van der Waals surface area contributed by atoms with Crippen LogP contribution in [-0.4, -0.2) is 92.7 Å². The molecule has 0 spiro atoms. The first kappa shape index (κ1) is 32.8. The molecule has 1 aromatic carbocycles. The van der Waals surface area contributed by atoms with Crippen LogP contribution in [0.15, 0.2) is 23.0 Å². The number of likely N-dealkylation sites (N-methyl/N-ethyl adjacent to an activating group) is 1. The molecule has 1 saturated carbocycles. The molecule has 1 aromatic rings. The summed E-state index contributed by atoms with van der Waals surface area (Å²) in [5.74, 6) is -11.3. The number of benzene rings is 1. The molecule has 1 aliphatic heterocycles. The zero-order valence-electron chi connectivity index (χ0n) is 24.1. The number of carbonyl (C=O) groups is 3. The molecule has 0 bridgehead atoms. The van der Waals surface area contributed by atoms with Crippen LogP contribution in [-0.2, 0) is 33.5 Å². The predicted molar refractivity (Wildman–Crippen MR) is 143 cm³/mol. The molecule has 45 heavy (non-hydrogen) atoms. The lowest BCUT2D eigenvalue weighted by atomic mass is 9.57. The highest BCUT2D eigenvalue weighted by Gasteiger charge is 2.64. The molecule has 246 valence electrons. The summed E-state index contributed by atoms with van der Waals surface area (Å²) < 4.78 is 83.5. The van der Waals surface area contributed by atoms with Gasteiger partial charge in [0.05, 0.1) is 23.1 Å². The third-order valence-electron chi connectivity index (χ3n) is 9.53. The zero-order chi connectivity index (χ0) is 33.5. The molecule has 3 aliphatic carbocycles. The van der Waals surface area contributed by atoms with Gasteiger partial charge in [-0.25, -0.2) is 0 Å². The van der Waals surface area contributed by atoms with E-state index in [1.54, 1.807) is 0 Å².